The highest BCUT2D eigenvalue weighted by molar-refractivity contribution is 7.09. The van der Waals surface area contributed by atoms with Gasteiger partial charge in [0.2, 0.25) is 0 Å². The zero-order chi connectivity index (χ0) is 12.8. The standard InChI is InChI=1S/C14H24N2OS/c1-12-10-16(11-13(2)17-12)8-7-15-6-5-14-4-3-9-18-14/h3-4,9,12-13,15H,5-8,10-11H2,1-2H3. The molecular formula is C14H24N2OS. The van der Waals surface area contributed by atoms with Crippen LogP contribution in [-0.4, -0.2) is 49.8 Å². The number of nitrogens with one attached hydrogen (secondary N) is 1. The minimum Gasteiger partial charge on any atom is -0.373 e. The van der Waals surface area contributed by atoms with E-state index in [-0.39, 0.29) is 0 Å². The summed E-state index contributed by atoms with van der Waals surface area (Å²) in [4.78, 5) is 3.97. The third-order valence-electron chi connectivity index (χ3n) is 3.23. The van der Waals surface area contributed by atoms with Crippen molar-refractivity contribution in [3.05, 3.63) is 22.4 Å². The minimum absolute atomic E-state index is 0.375. The van der Waals surface area contributed by atoms with E-state index in [0.29, 0.717) is 12.2 Å². The van der Waals surface area contributed by atoms with E-state index in [0.717, 1.165) is 39.1 Å². The lowest BCUT2D eigenvalue weighted by Crippen LogP contribution is -2.47. The lowest BCUT2D eigenvalue weighted by Gasteiger charge is -2.35. The number of thiophene rings is 1. The molecule has 1 aliphatic rings. The van der Waals surface area contributed by atoms with Crippen molar-refractivity contribution in [3.8, 4) is 0 Å². The Kier molecular flexibility index (Phi) is 5.63. The first kappa shape index (κ1) is 14.0. The summed E-state index contributed by atoms with van der Waals surface area (Å²) < 4.78 is 5.73. The van der Waals surface area contributed by atoms with Crippen LogP contribution in [0.1, 0.15) is 18.7 Å². The van der Waals surface area contributed by atoms with Crippen LogP contribution < -0.4 is 5.32 Å². The first-order chi connectivity index (χ1) is 8.74. The number of nitrogens with zero attached hydrogens (tertiary/aromatic N) is 1. The van der Waals surface area contributed by atoms with Gasteiger partial charge in [-0.1, -0.05) is 6.07 Å². The van der Waals surface area contributed by atoms with Gasteiger partial charge >= 0.3 is 0 Å². The molecule has 2 heterocycles. The van der Waals surface area contributed by atoms with Crippen molar-refractivity contribution >= 4 is 11.3 Å². The van der Waals surface area contributed by atoms with Gasteiger partial charge in [-0.2, -0.15) is 0 Å². The fourth-order valence-corrected chi connectivity index (χ4v) is 3.20. The van der Waals surface area contributed by atoms with E-state index in [1.54, 1.807) is 0 Å². The van der Waals surface area contributed by atoms with Gasteiger partial charge in [0.1, 0.15) is 0 Å². The molecule has 1 saturated heterocycles. The maximum Gasteiger partial charge on any atom is 0.0678 e. The summed E-state index contributed by atoms with van der Waals surface area (Å²) in [5.41, 5.74) is 0. The van der Waals surface area contributed by atoms with Gasteiger partial charge in [-0.05, 0) is 31.7 Å². The van der Waals surface area contributed by atoms with Gasteiger partial charge < -0.3 is 10.1 Å². The zero-order valence-corrected chi connectivity index (χ0v) is 12.2. The average Bonchev–Trinajstić information content (AvgIpc) is 2.80. The minimum atomic E-state index is 0.375. The molecule has 0 saturated carbocycles. The Morgan fingerprint density at radius 2 is 2.11 bits per heavy atom. The molecule has 1 aromatic heterocycles. The zero-order valence-electron chi connectivity index (χ0n) is 11.4. The van der Waals surface area contributed by atoms with Crippen molar-refractivity contribution in [1.29, 1.82) is 0 Å². The fraction of sp³-hybridized carbons (Fsp3) is 0.714. The molecule has 0 radical (unpaired) electrons. The fourth-order valence-electron chi connectivity index (χ4n) is 2.50. The summed E-state index contributed by atoms with van der Waals surface area (Å²) in [5.74, 6) is 0. The van der Waals surface area contributed by atoms with Gasteiger partial charge in [-0.3, -0.25) is 4.90 Å². The highest BCUT2D eigenvalue weighted by atomic mass is 32.1. The van der Waals surface area contributed by atoms with Gasteiger partial charge in [-0.25, -0.2) is 0 Å². The van der Waals surface area contributed by atoms with Crippen LogP contribution in [0.2, 0.25) is 0 Å². The summed E-state index contributed by atoms with van der Waals surface area (Å²) >= 11 is 1.84. The number of rotatable bonds is 6. The Morgan fingerprint density at radius 1 is 1.33 bits per heavy atom. The summed E-state index contributed by atoms with van der Waals surface area (Å²) in [5, 5.41) is 5.67. The number of ether oxygens (including phenoxy) is 1. The Bertz CT molecular complexity index is 319. The second-order valence-electron chi connectivity index (χ2n) is 5.10. The molecule has 0 aliphatic carbocycles. The SMILES string of the molecule is CC1CN(CCNCCc2cccs2)CC(C)O1. The lowest BCUT2D eigenvalue weighted by molar-refractivity contribution is -0.0674. The number of morpholine rings is 1. The van der Waals surface area contributed by atoms with Crippen LogP contribution in [0.15, 0.2) is 17.5 Å². The van der Waals surface area contributed by atoms with Crippen molar-refractivity contribution in [2.24, 2.45) is 0 Å². The second kappa shape index (κ2) is 7.24. The molecule has 102 valence electrons. The molecule has 0 aromatic carbocycles. The summed E-state index contributed by atoms with van der Waals surface area (Å²) in [6.45, 7) is 9.73. The van der Waals surface area contributed by atoms with E-state index in [2.05, 4.69) is 41.6 Å². The van der Waals surface area contributed by atoms with E-state index < -0.39 is 0 Å². The molecule has 0 bridgehead atoms. The Morgan fingerprint density at radius 3 is 2.78 bits per heavy atom. The quantitative estimate of drug-likeness (QED) is 0.799. The second-order valence-corrected chi connectivity index (χ2v) is 6.13. The van der Waals surface area contributed by atoms with Crippen molar-refractivity contribution < 1.29 is 4.74 Å². The van der Waals surface area contributed by atoms with Crippen LogP contribution in [0, 0.1) is 0 Å². The van der Waals surface area contributed by atoms with Crippen molar-refractivity contribution in [2.75, 3.05) is 32.7 Å². The third-order valence-corrected chi connectivity index (χ3v) is 4.16. The van der Waals surface area contributed by atoms with E-state index in [9.17, 15) is 0 Å². The molecular weight excluding hydrogens is 244 g/mol. The highest BCUT2D eigenvalue weighted by Gasteiger charge is 2.21. The molecule has 2 rings (SSSR count). The van der Waals surface area contributed by atoms with Gasteiger partial charge in [0.05, 0.1) is 12.2 Å². The molecule has 2 atom stereocenters. The van der Waals surface area contributed by atoms with Crippen molar-refractivity contribution in [1.82, 2.24) is 10.2 Å². The maximum atomic E-state index is 5.73. The molecule has 0 amide bonds. The number of hydrogen-bond acceptors (Lipinski definition) is 4. The molecule has 1 N–H and O–H groups in total. The molecule has 1 aliphatic heterocycles. The van der Waals surface area contributed by atoms with E-state index in [1.807, 2.05) is 11.3 Å². The van der Waals surface area contributed by atoms with Crippen LogP contribution >= 0.6 is 11.3 Å². The van der Waals surface area contributed by atoms with E-state index in [1.165, 1.54) is 4.88 Å². The predicted molar refractivity (Wildman–Crippen MR) is 77.3 cm³/mol. The molecule has 4 heteroatoms. The lowest BCUT2D eigenvalue weighted by atomic mass is 10.2. The summed E-state index contributed by atoms with van der Waals surface area (Å²) in [6, 6.07) is 4.33. The van der Waals surface area contributed by atoms with Crippen LogP contribution in [0.3, 0.4) is 0 Å². The van der Waals surface area contributed by atoms with Crippen LogP contribution in [0.25, 0.3) is 0 Å². The maximum absolute atomic E-state index is 5.73. The molecule has 3 nitrogen and oxygen atoms in total. The van der Waals surface area contributed by atoms with Gasteiger partial charge in [0.15, 0.2) is 0 Å². The molecule has 2 unspecified atom stereocenters. The van der Waals surface area contributed by atoms with Crippen LogP contribution in [-0.2, 0) is 11.2 Å². The summed E-state index contributed by atoms with van der Waals surface area (Å²) in [6.07, 6.45) is 1.90. The highest BCUT2D eigenvalue weighted by Crippen LogP contribution is 2.10. The first-order valence-corrected chi connectivity index (χ1v) is 7.73. The van der Waals surface area contributed by atoms with Gasteiger partial charge in [-0.15, -0.1) is 11.3 Å². The van der Waals surface area contributed by atoms with Crippen molar-refractivity contribution in [3.63, 3.8) is 0 Å². The average molecular weight is 268 g/mol. The smallest absolute Gasteiger partial charge is 0.0678 e. The molecule has 18 heavy (non-hydrogen) atoms. The molecule has 1 aromatic rings. The Hall–Kier alpha value is -0.420. The summed E-state index contributed by atoms with van der Waals surface area (Å²) in [7, 11) is 0. The predicted octanol–water partition coefficient (Wildman–Crippen LogP) is 1.99. The van der Waals surface area contributed by atoms with E-state index >= 15 is 0 Å². The monoisotopic (exact) mass is 268 g/mol. The van der Waals surface area contributed by atoms with E-state index in [4.69, 9.17) is 4.74 Å². The molecule has 0 spiro atoms. The normalized spacial score (nSPS) is 25.4. The first-order valence-electron chi connectivity index (χ1n) is 6.85. The molecule has 1 fully saturated rings. The Balaban J connectivity index is 1.55. The topological polar surface area (TPSA) is 24.5 Å². The van der Waals surface area contributed by atoms with Gasteiger partial charge in [0, 0.05) is 37.6 Å². The number of hydrogen-bond donors (Lipinski definition) is 1. The van der Waals surface area contributed by atoms with Crippen LogP contribution in [0.4, 0.5) is 0 Å². The van der Waals surface area contributed by atoms with Crippen molar-refractivity contribution in [2.45, 2.75) is 32.5 Å². The Labute approximate surface area is 114 Å². The third kappa shape index (κ3) is 4.69. The van der Waals surface area contributed by atoms with Crippen LogP contribution in [0.5, 0.6) is 0 Å². The largest absolute Gasteiger partial charge is 0.373 e. The van der Waals surface area contributed by atoms with Gasteiger partial charge in [0.25, 0.3) is 0 Å².